The molecular formula is C10H21NS. The van der Waals surface area contributed by atoms with E-state index < -0.39 is 0 Å². The topological polar surface area (TPSA) is 12.0 Å². The molecule has 1 aliphatic rings. The fraction of sp³-hybridized carbons (Fsp3) is 1.00. The van der Waals surface area contributed by atoms with Gasteiger partial charge in [-0.1, -0.05) is 6.92 Å². The summed E-state index contributed by atoms with van der Waals surface area (Å²) in [4.78, 5) is 0. The van der Waals surface area contributed by atoms with E-state index in [-0.39, 0.29) is 0 Å². The first-order valence-corrected chi connectivity index (χ1v) is 6.25. The molecule has 0 aromatic carbocycles. The number of hydrogen-bond donors (Lipinski definition) is 1. The van der Waals surface area contributed by atoms with Crippen LogP contribution in [0.15, 0.2) is 0 Å². The quantitative estimate of drug-likeness (QED) is 0.642. The molecule has 0 aliphatic heterocycles. The maximum Gasteiger partial charge on any atom is 0.0153 e. The van der Waals surface area contributed by atoms with E-state index in [1.54, 1.807) is 0 Å². The summed E-state index contributed by atoms with van der Waals surface area (Å²) in [6.45, 7) is 5.79. The van der Waals surface area contributed by atoms with Crippen LogP contribution in [0.5, 0.6) is 0 Å². The van der Waals surface area contributed by atoms with Gasteiger partial charge >= 0.3 is 0 Å². The predicted octanol–water partition coefficient (Wildman–Crippen LogP) is 2.66. The maximum absolute atomic E-state index is 3.64. The largest absolute Gasteiger partial charge is 0.311 e. The monoisotopic (exact) mass is 187 g/mol. The Morgan fingerprint density at radius 3 is 2.67 bits per heavy atom. The highest BCUT2D eigenvalue weighted by atomic mass is 32.2. The molecule has 2 heteroatoms. The first kappa shape index (κ1) is 10.4. The van der Waals surface area contributed by atoms with Crippen molar-refractivity contribution >= 4 is 11.8 Å². The summed E-state index contributed by atoms with van der Waals surface area (Å²) in [5.74, 6) is 2.58. The standard InChI is InChI=1S/C10H21NS/c1-3-12-9-5-8-11-10(2)6-4-7-10/h11H,3-9H2,1-2H3. The Morgan fingerprint density at radius 2 is 2.17 bits per heavy atom. The molecule has 0 unspecified atom stereocenters. The summed E-state index contributed by atoms with van der Waals surface area (Å²) in [5, 5.41) is 3.64. The van der Waals surface area contributed by atoms with Gasteiger partial charge in [0.2, 0.25) is 0 Å². The van der Waals surface area contributed by atoms with E-state index in [0.717, 1.165) is 0 Å². The molecule has 0 saturated heterocycles. The SMILES string of the molecule is CCSCCCNC1(C)CCC1. The summed E-state index contributed by atoms with van der Waals surface area (Å²) in [7, 11) is 0. The smallest absolute Gasteiger partial charge is 0.0153 e. The Hall–Kier alpha value is 0.310. The first-order valence-electron chi connectivity index (χ1n) is 5.10. The predicted molar refractivity (Wildman–Crippen MR) is 57.9 cm³/mol. The van der Waals surface area contributed by atoms with Crippen LogP contribution in [0.3, 0.4) is 0 Å². The molecule has 0 amide bonds. The Kier molecular flexibility index (Phi) is 4.44. The van der Waals surface area contributed by atoms with Gasteiger partial charge in [-0.2, -0.15) is 11.8 Å². The highest BCUT2D eigenvalue weighted by Crippen LogP contribution is 2.30. The lowest BCUT2D eigenvalue weighted by Gasteiger charge is -2.39. The highest BCUT2D eigenvalue weighted by molar-refractivity contribution is 7.99. The molecule has 0 spiro atoms. The van der Waals surface area contributed by atoms with Crippen molar-refractivity contribution in [3.05, 3.63) is 0 Å². The van der Waals surface area contributed by atoms with E-state index in [4.69, 9.17) is 0 Å². The van der Waals surface area contributed by atoms with E-state index in [0.29, 0.717) is 5.54 Å². The lowest BCUT2D eigenvalue weighted by atomic mass is 9.78. The summed E-state index contributed by atoms with van der Waals surface area (Å²) in [5.41, 5.74) is 0.511. The number of rotatable bonds is 6. The molecule has 0 aromatic rings. The minimum atomic E-state index is 0.511. The van der Waals surface area contributed by atoms with Gasteiger partial charge in [-0.05, 0) is 50.7 Å². The van der Waals surface area contributed by atoms with E-state index >= 15 is 0 Å². The van der Waals surface area contributed by atoms with Crippen LogP contribution in [-0.4, -0.2) is 23.6 Å². The van der Waals surface area contributed by atoms with E-state index in [1.165, 1.54) is 43.7 Å². The molecule has 0 heterocycles. The molecule has 12 heavy (non-hydrogen) atoms. The third-order valence-electron chi connectivity index (χ3n) is 2.68. The van der Waals surface area contributed by atoms with E-state index in [1.807, 2.05) is 11.8 Å². The van der Waals surface area contributed by atoms with Crippen LogP contribution >= 0.6 is 11.8 Å². The average Bonchev–Trinajstić information content (AvgIpc) is 2.01. The second-order valence-electron chi connectivity index (χ2n) is 3.89. The van der Waals surface area contributed by atoms with Crippen molar-refractivity contribution in [2.24, 2.45) is 0 Å². The zero-order valence-corrected chi connectivity index (χ0v) is 9.17. The second-order valence-corrected chi connectivity index (χ2v) is 5.29. The normalized spacial score (nSPS) is 20.5. The molecule has 1 fully saturated rings. The summed E-state index contributed by atoms with van der Waals surface area (Å²) in [6.07, 6.45) is 5.52. The lowest BCUT2D eigenvalue weighted by Crippen LogP contribution is -2.48. The molecule has 1 aliphatic carbocycles. The minimum Gasteiger partial charge on any atom is -0.311 e. The number of thioether (sulfide) groups is 1. The van der Waals surface area contributed by atoms with Crippen molar-refractivity contribution in [2.75, 3.05) is 18.1 Å². The second kappa shape index (κ2) is 5.13. The van der Waals surface area contributed by atoms with Gasteiger partial charge in [-0.3, -0.25) is 0 Å². The van der Waals surface area contributed by atoms with Gasteiger partial charge in [0, 0.05) is 5.54 Å². The van der Waals surface area contributed by atoms with Gasteiger partial charge in [0.25, 0.3) is 0 Å². The zero-order chi connectivity index (χ0) is 8.86. The molecule has 1 saturated carbocycles. The Morgan fingerprint density at radius 1 is 1.42 bits per heavy atom. The molecule has 0 bridgehead atoms. The highest BCUT2D eigenvalue weighted by Gasteiger charge is 2.30. The molecule has 0 atom stereocenters. The van der Waals surface area contributed by atoms with Crippen LogP contribution < -0.4 is 5.32 Å². The fourth-order valence-corrected chi connectivity index (χ4v) is 2.23. The van der Waals surface area contributed by atoms with Crippen LogP contribution in [0.4, 0.5) is 0 Å². The van der Waals surface area contributed by atoms with Crippen molar-refractivity contribution in [1.82, 2.24) is 5.32 Å². The lowest BCUT2D eigenvalue weighted by molar-refractivity contribution is 0.210. The molecule has 0 aromatic heterocycles. The van der Waals surface area contributed by atoms with Gasteiger partial charge in [0.15, 0.2) is 0 Å². The van der Waals surface area contributed by atoms with Gasteiger partial charge in [-0.25, -0.2) is 0 Å². The molecule has 72 valence electrons. The summed E-state index contributed by atoms with van der Waals surface area (Å²) >= 11 is 2.04. The first-order chi connectivity index (χ1) is 5.77. The van der Waals surface area contributed by atoms with Gasteiger partial charge in [-0.15, -0.1) is 0 Å². The van der Waals surface area contributed by atoms with Crippen LogP contribution in [0.1, 0.15) is 39.5 Å². The third-order valence-corrected chi connectivity index (χ3v) is 3.66. The minimum absolute atomic E-state index is 0.511. The molecular weight excluding hydrogens is 166 g/mol. The van der Waals surface area contributed by atoms with E-state index in [2.05, 4.69) is 19.2 Å². The van der Waals surface area contributed by atoms with Crippen molar-refractivity contribution in [1.29, 1.82) is 0 Å². The number of hydrogen-bond acceptors (Lipinski definition) is 2. The van der Waals surface area contributed by atoms with Crippen molar-refractivity contribution in [3.63, 3.8) is 0 Å². The average molecular weight is 187 g/mol. The fourth-order valence-electron chi connectivity index (χ4n) is 1.59. The van der Waals surface area contributed by atoms with Gasteiger partial charge < -0.3 is 5.32 Å². The molecule has 0 radical (unpaired) electrons. The van der Waals surface area contributed by atoms with Crippen LogP contribution in [0.2, 0.25) is 0 Å². The Bertz CT molecular complexity index is 121. The zero-order valence-electron chi connectivity index (χ0n) is 8.36. The number of nitrogens with one attached hydrogen (secondary N) is 1. The summed E-state index contributed by atoms with van der Waals surface area (Å²) < 4.78 is 0. The maximum atomic E-state index is 3.64. The van der Waals surface area contributed by atoms with Gasteiger partial charge in [0.05, 0.1) is 0 Å². The van der Waals surface area contributed by atoms with Gasteiger partial charge in [0.1, 0.15) is 0 Å². The van der Waals surface area contributed by atoms with Crippen LogP contribution in [-0.2, 0) is 0 Å². The van der Waals surface area contributed by atoms with Crippen molar-refractivity contribution < 1.29 is 0 Å². The Balaban J connectivity index is 1.88. The summed E-state index contributed by atoms with van der Waals surface area (Å²) in [6, 6.07) is 0. The van der Waals surface area contributed by atoms with E-state index in [9.17, 15) is 0 Å². The van der Waals surface area contributed by atoms with Crippen molar-refractivity contribution in [2.45, 2.75) is 45.1 Å². The van der Waals surface area contributed by atoms with Crippen LogP contribution in [0.25, 0.3) is 0 Å². The third kappa shape index (κ3) is 3.36. The molecule has 1 nitrogen and oxygen atoms in total. The van der Waals surface area contributed by atoms with Crippen molar-refractivity contribution in [3.8, 4) is 0 Å². The van der Waals surface area contributed by atoms with Crippen LogP contribution in [0, 0.1) is 0 Å². The molecule has 1 rings (SSSR count). The molecule has 1 N–H and O–H groups in total. The Labute approximate surface area is 80.7 Å².